The van der Waals surface area contributed by atoms with Gasteiger partial charge in [-0.3, -0.25) is 4.79 Å². The maximum Gasteiger partial charge on any atom is 0.242 e. The van der Waals surface area contributed by atoms with E-state index in [9.17, 15) is 13.2 Å². The van der Waals surface area contributed by atoms with Gasteiger partial charge in [0, 0.05) is 17.4 Å². The number of carbonyl (C=O) groups excluding carboxylic acids is 1. The molecule has 1 atom stereocenters. The molecule has 7 nitrogen and oxygen atoms in total. The second-order valence-corrected chi connectivity index (χ2v) is 10.0. The zero-order valence-corrected chi connectivity index (χ0v) is 20.8. The first-order valence-corrected chi connectivity index (χ1v) is 12.9. The summed E-state index contributed by atoms with van der Waals surface area (Å²) >= 11 is 0. The normalized spacial score (nSPS) is 12.5. The third-order valence-corrected chi connectivity index (χ3v) is 7.24. The van der Waals surface area contributed by atoms with Gasteiger partial charge < -0.3 is 4.74 Å². The van der Waals surface area contributed by atoms with Gasteiger partial charge in [-0.05, 0) is 42.1 Å². The van der Waals surface area contributed by atoms with Crippen molar-refractivity contribution in [3.05, 3.63) is 108 Å². The Morgan fingerprint density at radius 2 is 1.58 bits per heavy atom. The first-order chi connectivity index (χ1) is 17.4. The van der Waals surface area contributed by atoms with E-state index < -0.39 is 22.0 Å². The molecule has 36 heavy (non-hydrogen) atoms. The topological polar surface area (TPSA) is 96.9 Å². The van der Waals surface area contributed by atoms with E-state index in [0.29, 0.717) is 5.56 Å². The number of ether oxygens (including phenoxy) is 1. The number of aryl methyl sites for hydroxylation is 1. The Bertz CT molecular complexity index is 1480. The average molecular weight is 502 g/mol. The molecule has 0 aliphatic rings. The van der Waals surface area contributed by atoms with Crippen LogP contribution in [0.2, 0.25) is 0 Å². The Morgan fingerprint density at radius 3 is 2.28 bits per heavy atom. The molecule has 0 spiro atoms. The molecule has 0 bridgehead atoms. The molecule has 0 aliphatic carbocycles. The summed E-state index contributed by atoms with van der Waals surface area (Å²) in [5.41, 5.74) is 4.96. The molecule has 4 aromatic carbocycles. The van der Waals surface area contributed by atoms with Crippen LogP contribution in [0, 0.1) is 6.92 Å². The monoisotopic (exact) mass is 501 g/mol. The Morgan fingerprint density at radius 1 is 0.917 bits per heavy atom. The number of rotatable bonds is 9. The Hall–Kier alpha value is -4.01. The quantitative estimate of drug-likeness (QED) is 0.256. The van der Waals surface area contributed by atoms with E-state index in [1.807, 2.05) is 49.4 Å². The molecule has 0 unspecified atom stereocenters. The van der Waals surface area contributed by atoms with Crippen molar-refractivity contribution in [2.75, 3.05) is 7.11 Å². The van der Waals surface area contributed by atoms with Crippen LogP contribution in [0.25, 0.3) is 10.8 Å². The van der Waals surface area contributed by atoms with Crippen molar-refractivity contribution in [3.63, 3.8) is 0 Å². The zero-order chi connectivity index (χ0) is 25.5. The number of fused-ring (bicyclic) bond motifs is 1. The van der Waals surface area contributed by atoms with Gasteiger partial charge in [-0.15, -0.1) is 0 Å². The summed E-state index contributed by atoms with van der Waals surface area (Å²) in [5.74, 6) is 0.322. The average Bonchev–Trinajstić information content (AvgIpc) is 2.89. The zero-order valence-electron chi connectivity index (χ0n) is 20.0. The number of nitrogens with one attached hydrogen (secondary N) is 2. The Balaban J connectivity index is 1.50. The number of hydrazone groups is 1. The van der Waals surface area contributed by atoms with Crippen molar-refractivity contribution in [3.8, 4) is 5.75 Å². The third-order valence-electron chi connectivity index (χ3n) is 5.75. The highest BCUT2D eigenvalue weighted by atomic mass is 32.2. The summed E-state index contributed by atoms with van der Waals surface area (Å²) in [4.78, 5) is 12.9. The highest BCUT2D eigenvalue weighted by molar-refractivity contribution is 7.89. The highest BCUT2D eigenvalue weighted by Gasteiger charge is 2.23. The molecular weight excluding hydrogens is 474 g/mol. The lowest BCUT2D eigenvalue weighted by Gasteiger charge is -2.18. The van der Waals surface area contributed by atoms with Crippen LogP contribution in [0.5, 0.6) is 5.75 Å². The van der Waals surface area contributed by atoms with Gasteiger partial charge in [0.05, 0.1) is 24.3 Å². The lowest BCUT2D eigenvalue weighted by atomic mass is 10.0. The lowest BCUT2D eigenvalue weighted by Crippen LogP contribution is -2.32. The van der Waals surface area contributed by atoms with Gasteiger partial charge in [-0.25, -0.2) is 18.6 Å². The number of sulfonamides is 1. The molecule has 1 amide bonds. The summed E-state index contributed by atoms with van der Waals surface area (Å²) < 4.78 is 34.1. The van der Waals surface area contributed by atoms with E-state index in [4.69, 9.17) is 4.74 Å². The fourth-order valence-corrected chi connectivity index (χ4v) is 5.10. The maximum absolute atomic E-state index is 13.0. The minimum atomic E-state index is -3.84. The molecule has 0 aromatic heterocycles. The summed E-state index contributed by atoms with van der Waals surface area (Å²) in [6, 6.07) is 26.2. The van der Waals surface area contributed by atoms with E-state index in [1.54, 1.807) is 61.9 Å². The summed E-state index contributed by atoms with van der Waals surface area (Å²) in [6.07, 6.45) is 1.43. The maximum atomic E-state index is 13.0. The molecule has 2 N–H and O–H groups in total. The van der Waals surface area contributed by atoms with Crippen molar-refractivity contribution < 1.29 is 17.9 Å². The molecule has 4 rings (SSSR count). The second kappa shape index (κ2) is 11.2. The second-order valence-electron chi connectivity index (χ2n) is 8.30. The summed E-state index contributed by atoms with van der Waals surface area (Å²) in [7, 11) is -2.23. The number of methoxy groups -OCH3 is 1. The molecule has 0 radical (unpaired) electrons. The smallest absolute Gasteiger partial charge is 0.242 e. The van der Waals surface area contributed by atoms with Crippen LogP contribution in [0.3, 0.4) is 0 Å². The predicted octanol–water partition coefficient (Wildman–Crippen LogP) is 4.72. The van der Waals surface area contributed by atoms with Gasteiger partial charge in [-0.2, -0.15) is 5.10 Å². The number of carbonyl (C=O) groups is 1. The molecule has 0 aliphatic heterocycles. The van der Waals surface area contributed by atoms with Crippen LogP contribution in [-0.2, 0) is 14.8 Å². The van der Waals surface area contributed by atoms with Crippen molar-refractivity contribution in [2.45, 2.75) is 24.3 Å². The number of nitrogens with zero attached hydrogens (tertiary/aromatic N) is 1. The van der Waals surface area contributed by atoms with Crippen molar-refractivity contribution in [2.24, 2.45) is 5.10 Å². The van der Waals surface area contributed by atoms with Crippen LogP contribution < -0.4 is 14.9 Å². The van der Waals surface area contributed by atoms with Crippen LogP contribution >= 0.6 is 0 Å². The Labute approximate surface area is 210 Å². The number of hydrogen-bond acceptors (Lipinski definition) is 5. The van der Waals surface area contributed by atoms with Crippen molar-refractivity contribution in [1.29, 1.82) is 0 Å². The van der Waals surface area contributed by atoms with Crippen LogP contribution in [0.15, 0.2) is 101 Å². The largest absolute Gasteiger partial charge is 0.496 e. The van der Waals surface area contributed by atoms with Gasteiger partial charge in [0.2, 0.25) is 15.9 Å². The lowest BCUT2D eigenvalue weighted by molar-refractivity contribution is -0.121. The molecule has 0 fully saturated rings. The number of hydrogen-bond donors (Lipinski definition) is 2. The van der Waals surface area contributed by atoms with E-state index in [0.717, 1.165) is 27.6 Å². The SMILES string of the molecule is COc1ccc(/C=N\NC(=O)C[C@@H](NS(=O)(=O)c2ccc(C)cc2)c2ccccc2)c2ccccc12. The standard InChI is InChI=1S/C28H27N3O4S/c1-20-12-15-23(16-13-20)36(33,34)31-26(21-8-4-3-5-9-21)18-28(32)30-29-19-22-14-17-27(35-2)25-11-7-6-10-24(22)25/h3-17,19,26,31H,18H2,1-2H3,(H,30,32)/b29-19-/t26-/m1/s1. The molecule has 0 saturated carbocycles. The summed E-state index contributed by atoms with van der Waals surface area (Å²) in [6.45, 7) is 1.89. The van der Waals surface area contributed by atoms with Crippen LogP contribution in [-0.4, -0.2) is 27.6 Å². The molecule has 0 heterocycles. The molecule has 8 heteroatoms. The third kappa shape index (κ3) is 5.97. The van der Waals surface area contributed by atoms with E-state index >= 15 is 0 Å². The molecule has 184 valence electrons. The van der Waals surface area contributed by atoms with Crippen LogP contribution in [0.1, 0.15) is 29.2 Å². The van der Waals surface area contributed by atoms with Gasteiger partial charge in [0.1, 0.15) is 5.75 Å². The first-order valence-electron chi connectivity index (χ1n) is 11.4. The van der Waals surface area contributed by atoms with E-state index in [1.165, 1.54) is 0 Å². The Kier molecular flexibility index (Phi) is 7.77. The van der Waals surface area contributed by atoms with Gasteiger partial charge in [-0.1, -0.05) is 72.3 Å². The van der Waals surface area contributed by atoms with E-state index in [-0.39, 0.29) is 11.3 Å². The summed E-state index contributed by atoms with van der Waals surface area (Å²) in [5, 5.41) is 5.98. The van der Waals surface area contributed by atoms with Crippen molar-refractivity contribution >= 4 is 32.9 Å². The minimum absolute atomic E-state index is 0.129. The van der Waals surface area contributed by atoms with E-state index in [2.05, 4.69) is 15.2 Å². The van der Waals surface area contributed by atoms with Crippen LogP contribution in [0.4, 0.5) is 0 Å². The fourth-order valence-electron chi connectivity index (χ4n) is 3.88. The minimum Gasteiger partial charge on any atom is -0.496 e. The molecule has 4 aromatic rings. The van der Waals surface area contributed by atoms with Gasteiger partial charge in [0.25, 0.3) is 0 Å². The first kappa shape index (κ1) is 25.1. The predicted molar refractivity (Wildman–Crippen MR) is 142 cm³/mol. The molecular formula is C28H27N3O4S. The highest BCUT2D eigenvalue weighted by Crippen LogP contribution is 2.27. The van der Waals surface area contributed by atoms with Crippen molar-refractivity contribution in [1.82, 2.24) is 10.1 Å². The van der Waals surface area contributed by atoms with Gasteiger partial charge >= 0.3 is 0 Å². The number of benzene rings is 4. The number of amides is 1. The fraction of sp³-hybridized carbons (Fsp3) is 0.143. The molecule has 0 saturated heterocycles. The van der Waals surface area contributed by atoms with Gasteiger partial charge in [0.15, 0.2) is 0 Å².